The van der Waals surface area contributed by atoms with Gasteiger partial charge in [0.2, 0.25) is 0 Å². The van der Waals surface area contributed by atoms with Crippen molar-refractivity contribution in [1.29, 1.82) is 5.26 Å². The fraction of sp³-hybridized carbons (Fsp3) is 0.158. The Morgan fingerprint density at radius 1 is 1.32 bits per heavy atom. The van der Waals surface area contributed by atoms with Gasteiger partial charge in [-0.1, -0.05) is 18.2 Å². The lowest BCUT2D eigenvalue weighted by molar-refractivity contribution is -0.112. The van der Waals surface area contributed by atoms with Gasteiger partial charge >= 0.3 is 0 Å². The minimum Gasteiger partial charge on any atom is -0.504 e. The maximum Gasteiger partial charge on any atom is 0.266 e. The zero-order chi connectivity index (χ0) is 18.2. The molecule has 0 saturated carbocycles. The second kappa shape index (κ2) is 8.41. The molecule has 0 unspecified atom stereocenters. The number of phenols is 1. The molecule has 0 saturated heterocycles. The van der Waals surface area contributed by atoms with Crippen molar-refractivity contribution in [2.45, 2.75) is 6.92 Å². The van der Waals surface area contributed by atoms with Crippen LogP contribution >= 0.6 is 0 Å². The van der Waals surface area contributed by atoms with Crippen molar-refractivity contribution in [3.63, 3.8) is 0 Å². The fourth-order valence-electron chi connectivity index (χ4n) is 2.13. The summed E-state index contributed by atoms with van der Waals surface area (Å²) in [5.74, 6) is 0.173. The summed E-state index contributed by atoms with van der Waals surface area (Å²) in [6.07, 6.45) is 1.31. The van der Waals surface area contributed by atoms with E-state index in [2.05, 4.69) is 5.32 Å². The van der Waals surface area contributed by atoms with Gasteiger partial charge < -0.3 is 19.9 Å². The predicted molar refractivity (Wildman–Crippen MR) is 94.5 cm³/mol. The van der Waals surface area contributed by atoms with Gasteiger partial charge in [0, 0.05) is 17.3 Å². The van der Waals surface area contributed by atoms with E-state index in [-0.39, 0.29) is 11.3 Å². The lowest BCUT2D eigenvalue weighted by Crippen LogP contribution is -2.13. The standard InChI is InChI=1S/C19H18N2O4/c1-3-25-17-9-4-6-13(18(17)22)10-14(12-20)19(23)21-15-7-5-8-16(11-15)24-2/h4-11,22H,3H2,1-2H3,(H,21,23)/b14-10-. The average Bonchev–Trinajstić information content (AvgIpc) is 2.62. The molecule has 0 bridgehead atoms. The first-order valence-electron chi connectivity index (χ1n) is 7.61. The highest BCUT2D eigenvalue weighted by Crippen LogP contribution is 2.31. The number of hydrogen-bond donors (Lipinski definition) is 2. The minimum atomic E-state index is -0.586. The number of nitrogens with zero attached hydrogens (tertiary/aromatic N) is 1. The summed E-state index contributed by atoms with van der Waals surface area (Å²) in [5.41, 5.74) is 0.674. The number of aromatic hydroxyl groups is 1. The van der Waals surface area contributed by atoms with Gasteiger partial charge in [-0.05, 0) is 31.2 Å². The van der Waals surface area contributed by atoms with Crippen LogP contribution in [0.15, 0.2) is 48.0 Å². The Bertz CT molecular complexity index is 838. The molecule has 2 N–H and O–H groups in total. The van der Waals surface area contributed by atoms with Gasteiger partial charge in [-0.3, -0.25) is 4.79 Å². The van der Waals surface area contributed by atoms with E-state index in [1.807, 2.05) is 6.07 Å². The maximum atomic E-state index is 12.3. The topological polar surface area (TPSA) is 91.6 Å². The summed E-state index contributed by atoms with van der Waals surface area (Å²) >= 11 is 0. The van der Waals surface area contributed by atoms with Crippen molar-refractivity contribution < 1.29 is 19.4 Å². The zero-order valence-electron chi connectivity index (χ0n) is 13.9. The summed E-state index contributed by atoms with van der Waals surface area (Å²) in [7, 11) is 1.52. The highest BCUT2D eigenvalue weighted by molar-refractivity contribution is 6.09. The number of amides is 1. The Morgan fingerprint density at radius 3 is 2.76 bits per heavy atom. The molecule has 2 rings (SSSR count). The summed E-state index contributed by atoms with van der Waals surface area (Å²) in [4.78, 5) is 12.3. The van der Waals surface area contributed by atoms with E-state index in [1.165, 1.54) is 13.2 Å². The van der Waals surface area contributed by atoms with Crippen LogP contribution in [0.1, 0.15) is 12.5 Å². The van der Waals surface area contributed by atoms with E-state index in [9.17, 15) is 15.2 Å². The number of anilines is 1. The molecule has 6 nitrogen and oxygen atoms in total. The van der Waals surface area contributed by atoms with Crippen LogP contribution in [0, 0.1) is 11.3 Å². The molecule has 25 heavy (non-hydrogen) atoms. The number of para-hydroxylation sites is 1. The van der Waals surface area contributed by atoms with Crippen molar-refractivity contribution in [2.24, 2.45) is 0 Å². The third kappa shape index (κ3) is 4.52. The Balaban J connectivity index is 2.26. The van der Waals surface area contributed by atoms with Gasteiger partial charge in [-0.25, -0.2) is 0 Å². The van der Waals surface area contributed by atoms with Gasteiger partial charge in [-0.2, -0.15) is 5.26 Å². The molecule has 0 atom stereocenters. The van der Waals surface area contributed by atoms with Crippen LogP contribution in [-0.2, 0) is 4.79 Å². The number of carbonyl (C=O) groups excluding carboxylic acids is 1. The van der Waals surface area contributed by atoms with E-state index in [0.29, 0.717) is 29.4 Å². The van der Waals surface area contributed by atoms with Crippen LogP contribution in [0.4, 0.5) is 5.69 Å². The van der Waals surface area contributed by atoms with E-state index in [0.717, 1.165) is 0 Å². The number of phenolic OH excluding ortho intramolecular Hbond substituents is 1. The molecule has 0 aliphatic rings. The highest BCUT2D eigenvalue weighted by atomic mass is 16.5. The normalized spacial score (nSPS) is 10.7. The molecule has 2 aromatic carbocycles. The minimum absolute atomic E-state index is 0.119. The number of nitrogens with one attached hydrogen (secondary N) is 1. The second-order valence-electron chi connectivity index (χ2n) is 4.98. The first-order chi connectivity index (χ1) is 12.1. The van der Waals surface area contributed by atoms with Crippen molar-refractivity contribution in [2.75, 3.05) is 19.0 Å². The highest BCUT2D eigenvalue weighted by Gasteiger charge is 2.13. The van der Waals surface area contributed by atoms with Gasteiger partial charge in [0.05, 0.1) is 13.7 Å². The molecule has 1 amide bonds. The average molecular weight is 338 g/mol. The lowest BCUT2D eigenvalue weighted by Gasteiger charge is -2.09. The molecule has 0 spiro atoms. The number of methoxy groups -OCH3 is 1. The summed E-state index contributed by atoms with van der Waals surface area (Å²) in [6, 6.07) is 13.5. The third-order valence-electron chi connectivity index (χ3n) is 3.32. The first-order valence-corrected chi connectivity index (χ1v) is 7.61. The van der Waals surface area contributed by atoms with Crippen LogP contribution in [-0.4, -0.2) is 24.7 Å². The Kier molecular flexibility index (Phi) is 6.02. The van der Waals surface area contributed by atoms with E-state index in [4.69, 9.17) is 9.47 Å². The molecule has 6 heteroatoms. The van der Waals surface area contributed by atoms with E-state index >= 15 is 0 Å². The van der Waals surface area contributed by atoms with Gasteiger partial charge in [0.15, 0.2) is 11.5 Å². The molecular formula is C19H18N2O4. The van der Waals surface area contributed by atoms with E-state index in [1.54, 1.807) is 49.4 Å². The number of nitriles is 1. The fourth-order valence-corrected chi connectivity index (χ4v) is 2.13. The monoisotopic (exact) mass is 338 g/mol. The van der Waals surface area contributed by atoms with Crippen LogP contribution in [0.5, 0.6) is 17.2 Å². The number of benzene rings is 2. The van der Waals surface area contributed by atoms with Gasteiger partial charge in [0.25, 0.3) is 5.91 Å². The Hall–Kier alpha value is -3.46. The largest absolute Gasteiger partial charge is 0.504 e. The summed E-state index contributed by atoms with van der Waals surface area (Å²) in [5, 5.41) is 22.1. The summed E-state index contributed by atoms with van der Waals surface area (Å²) < 4.78 is 10.4. The molecule has 0 aliphatic carbocycles. The molecule has 0 aliphatic heterocycles. The molecule has 0 aromatic heterocycles. The van der Waals surface area contributed by atoms with Crippen molar-refractivity contribution in [3.05, 3.63) is 53.6 Å². The van der Waals surface area contributed by atoms with Gasteiger partial charge in [-0.15, -0.1) is 0 Å². The van der Waals surface area contributed by atoms with Crippen LogP contribution < -0.4 is 14.8 Å². The van der Waals surface area contributed by atoms with Crippen molar-refractivity contribution >= 4 is 17.7 Å². The molecule has 0 fully saturated rings. The zero-order valence-corrected chi connectivity index (χ0v) is 13.9. The first kappa shape index (κ1) is 17.9. The number of carbonyl (C=O) groups is 1. The Labute approximate surface area is 145 Å². The van der Waals surface area contributed by atoms with Crippen molar-refractivity contribution in [1.82, 2.24) is 0 Å². The molecule has 0 radical (unpaired) electrons. The second-order valence-corrected chi connectivity index (χ2v) is 4.98. The van der Waals surface area contributed by atoms with Crippen LogP contribution in [0.2, 0.25) is 0 Å². The quantitative estimate of drug-likeness (QED) is 0.622. The third-order valence-corrected chi connectivity index (χ3v) is 3.32. The van der Waals surface area contributed by atoms with Crippen LogP contribution in [0.3, 0.4) is 0 Å². The smallest absolute Gasteiger partial charge is 0.266 e. The number of rotatable bonds is 6. The van der Waals surface area contributed by atoms with Crippen LogP contribution in [0.25, 0.3) is 6.08 Å². The van der Waals surface area contributed by atoms with Crippen molar-refractivity contribution in [3.8, 4) is 23.3 Å². The molecule has 128 valence electrons. The number of ether oxygens (including phenoxy) is 2. The predicted octanol–water partition coefficient (Wildman–Crippen LogP) is 3.35. The molecule has 0 heterocycles. The van der Waals surface area contributed by atoms with E-state index < -0.39 is 5.91 Å². The van der Waals surface area contributed by atoms with Gasteiger partial charge in [0.1, 0.15) is 17.4 Å². The Morgan fingerprint density at radius 2 is 2.08 bits per heavy atom. The molecular weight excluding hydrogens is 320 g/mol. The number of hydrogen-bond acceptors (Lipinski definition) is 5. The SMILES string of the molecule is CCOc1cccc(/C=C(/C#N)C(=O)Nc2cccc(OC)c2)c1O. The lowest BCUT2D eigenvalue weighted by atomic mass is 10.1. The molecule has 2 aromatic rings. The summed E-state index contributed by atoms with van der Waals surface area (Å²) in [6.45, 7) is 2.19. The maximum absolute atomic E-state index is 12.3.